The van der Waals surface area contributed by atoms with Crippen molar-refractivity contribution in [2.75, 3.05) is 6.26 Å². The van der Waals surface area contributed by atoms with Crippen LogP contribution >= 0.6 is 0 Å². The second-order valence-corrected chi connectivity index (χ2v) is 8.10. The van der Waals surface area contributed by atoms with Gasteiger partial charge in [-0.2, -0.15) is 4.98 Å². The van der Waals surface area contributed by atoms with Gasteiger partial charge in [0, 0.05) is 17.1 Å². The Morgan fingerprint density at radius 3 is 2.29 bits per heavy atom. The monoisotopic (exact) mass is 310 g/mol. The zero-order chi connectivity index (χ0) is 15.1. The molecule has 0 aliphatic carbocycles. The van der Waals surface area contributed by atoms with E-state index in [0.29, 0.717) is 11.2 Å². The van der Waals surface area contributed by atoms with Crippen LogP contribution in [0.15, 0.2) is 29.1 Å². The second-order valence-electron chi connectivity index (χ2n) is 5.99. The van der Waals surface area contributed by atoms with Crippen molar-refractivity contribution in [2.45, 2.75) is 39.5 Å². The van der Waals surface area contributed by atoms with Crippen LogP contribution in [0.2, 0.25) is 0 Å². The number of nitrogens with zero attached hydrogens (tertiary/aromatic N) is 2. The third-order valence-corrected chi connectivity index (χ3v) is 3.69. The molecule has 0 fully saturated rings. The molecule has 0 atom stereocenters. The number of fused-ring (bicyclic) bond motifs is 1. The van der Waals surface area contributed by atoms with Gasteiger partial charge in [0.15, 0.2) is 9.84 Å². The first-order valence-corrected chi connectivity index (χ1v) is 8.33. The van der Waals surface area contributed by atoms with Crippen LogP contribution in [0.1, 0.15) is 33.9 Å². The molecule has 1 aromatic carbocycles. The zero-order valence-electron chi connectivity index (χ0n) is 12.0. The summed E-state index contributed by atoms with van der Waals surface area (Å²) in [4.78, 5) is 16.3. The van der Waals surface area contributed by atoms with Gasteiger partial charge in [-0.05, 0) is 6.07 Å². The molecule has 21 heavy (non-hydrogen) atoms. The second kappa shape index (κ2) is 5.60. The molecule has 0 radical (unpaired) electrons. The largest absolute Gasteiger partial charge is 0.349 e. The summed E-state index contributed by atoms with van der Waals surface area (Å²) < 4.78 is 24.2. The molecule has 0 saturated heterocycles. The van der Waals surface area contributed by atoms with Crippen molar-refractivity contribution < 1.29 is 8.42 Å². The fourth-order valence-electron chi connectivity index (χ4n) is 2.16. The highest BCUT2D eigenvalue weighted by Crippen LogP contribution is 2.26. The summed E-state index contributed by atoms with van der Waals surface area (Å²) in [6.45, 7) is 5.92. The molecule has 0 aliphatic rings. The third kappa shape index (κ3) is 3.69. The van der Waals surface area contributed by atoms with E-state index in [2.05, 4.69) is 4.98 Å². The summed E-state index contributed by atoms with van der Waals surface area (Å²) in [6.07, 6.45) is 1.10. The van der Waals surface area contributed by atoms with Crippen LogP contribution in [-0.4, -0.2) is 24.2 Å². The first-order chi connectivity index (χ1) is 9.09. The van der Waals surface area contributed by atoms with E-state index < -0.39 is 15.5 Å². The Hall–Kier alpha value is -1.69. The minimum absolute atomic E-state index is 0. The first-order valence-electron chi connectivity index (χ1n) is 6.27. The van der Waals surface area contributed by atoms with Crippen molar-refractivity contribution in [3.05, 3.63) is 40.4 Å². The van der Waals surface area contributed by atoms with Crippen molar-refractivity contribution in [2.24, 2.45) is 0 Å². The van der Waals surface area contributed by atoms with Crippen LogP contribution < -0.4 is 5.69 Å². The molecule has 0 amide bonds. The lowest BCUT2D eigenvalue weighted by molar-refractivity contribution is 0.563. The van der Waals surface area contributed by atoms with Crippen molar-refractivity contribution in [1.82, 2.24) is 9.55 Å². The highest BCUT2D eigenvalue weighted by Gasteiger charge is 2.22. The van der Waals surface area contributed by atoms with Gasteiger partial charge in [-0.3, -0.25) is 4.57 Å². The molecular weight excluding hydrogens is 288 g/mol. The normalized spacial score (nSPS) is 12.2. The van der Waals surface area contributed by atoms with Crippen molar-refractivity contribution in [3.8, 4) is 0 Å². The van der Waals surface area contributed by atoms with Crippen LogP contribution in [-0.2, 0) is 21.1 Å². The van der Waals surface area contributed by atoms with Crippen LogP contribution in [0.4, 0.5) is 0 Å². The van der Waals surface area contributed by atoms with Gasteiger partial charge in [0.25, 0.3) is 0 Å². The molecule has 2 aromatic rings. The van der Waals surface area contributed by atoms with Crippen molar-refractivity contribution in [1.29, 1.82) is 0 Å². The SMILES string of the molecule is C.CC(C)(C)c1nc(=O)n(CS(C)(=O)=O)c2ccccc12. The van der Waals surface area contributed by atoms with Gasteiger partial charge in [-0.1, -0.05) is 46.4 Å². The van der Waals surface area contributed by atoms with Crippen molar-refractivity contribution in [3.63, 3.8) is 0 Å². The van der Waals surface area contributed by atoms with Gasteiger partial charge in [0.2, 0.25) is 0 Å². The number of benzene rings is 1. The summed E-state index contributed by atoms with van der Waals surface area (Å²) >= 11 is 0. The number of hydrogen-bond acceptors (Lipinski definition) is 4. The molecule has 0 unspecified atom stereocenters. The van der Waals surface area contributed by atoms with E-state index in [1.165, 1.54) is 4.57 Å². The van der Waals surface area contributed by atoms with E-state index in [9.17, 15) is 13.2 Å². The molecule has 1 aromatic heterocycles. The van der Waals surface area contributed by atoms with Gasteiger partial charge in [-0.25, -0.2) is 13.2 Å². The fourth-order valence-corrected chi connectivity index (χ4v) is 2.88. The van der Waals surface area contributed by atoms with Gasteiger partial charge >= 0.3 is 5.69 Å². The molecule has 0 N–H and O–H groups in total. The Morgan fingerprint density at radius 2 is 1.76 bits per heavy atom. The minimum Gasteiger partial charge on any atom is -0.277 e. The summed E-state index contributed by atoms with van der Waals surface area (Å²) in [5.74, 6) is -0.357. The lowest BCUT2D eigenvalue weighted by Gasteiger charge is -2.21. The Labute approximate surface area is 125 Å². The molecule has 0 bridgehead atoms. The summed E-state index contributed by atoms with van der Waals surface area (Å²) in [6, 6.07) is 7.25. The Morgan fingerprint density at radius 1 is 1.19 bits per heavy atom. The van der Waals surface area contributed by atoms with Crippen LogP contribution in [0.25, 0.3) is 10.9 Å². The van der Waals surface area contributed by atoms with E-state index >= 15 is 0 Å². The van der Waals surface area contributed by atoms with E-state index in [-0.39, 0.29) is 18.7 Å². The standard InChI is InChI=1S/C14H18N2O3S.CH4/c1-14(2,3)12-10-7-5-6-8-11(10)16(13(17)15-12)9-20(4,18)19;/h5-8H,9H2,1-4H3;1H4. The minimum atomic E-state index is -3.32. The van der Waals surface area contributed by atoms with Crippen LogP contribution in [0.5, 0.6) is 0 Å². The summed E-state index contributed by atoms with van der Waals surface area (Å²) in [7, 11) is -3.32. The van der Waals surface area contributed by atoms with E-state index in [1.54, 1.807) is 12.1 Å². The lowest BCUT2D eigenvalue weighted by Crippen LogP contribution is -2.30. The first kappa shape index (κ1) is 17.4. The Bertz CT molecular complexity index is 815. The smallest absolute Gasteiger partial charge is 0.277 e. The fraction of sp³-hybridized carbons (Fsp3) is 0.467. The topological polar surface area (TPSA) is 69.0 Å². The van der Waals surface area contributed by atoms with E-state index in [4.69, 9.17) is 0 Å². The van der Waals surface area contributed by atoms with Gasteiger partial charge in [0.05, 0.1) is 11.2 Å². The number of hydrogen-bond donors (Lipinski definition) is 0. The molecule has 5 nitrogen and oxygen atoms in total. The summed E-state index contributed by atoms with van der Waals surface area (Å²) in [5.41, 5.74) is 0.466. The van der Waals surface area contributed by atoms with E-state index in [1.807, 2.05) is 32.9 Å². The zero-order valence-corrected chi connectivity index (χ0v) is 12.9. The third-order valence-electron chi connectivity index (χ3n) is 2.96. The lowest BCUT2D eigenvalue weighted by atomic mass is 9.89. The predicted molar refractivity (Wildman–Crippen MR) is 86.3 cm³/mol. The number of rotatable bonds is 2. The average molecular weight is 310 g/mol. The molecule has 2 rings (SSSR count). The molecule has 116 valence electrons. The van der Waals surface area contributed by atoms with Crippen LogP contribution in [0, 0.1) is 0 Å². The molecule has 0 aliphatic heterocycles. The molecule has 0 saturated carbocycles. The van der Waals surface area contributed by atoms with Gasteiger partial charge in [-0.15, -0.1) is 0 Å². The Balaban J connectivity index is 0.00000220. The number of sulfone groups is 1. The predicted octanol–water partition coefficient (Wildman–Crippen LogP) is 2.33. The Kier molecular flexibility index (Phi) is 4.63. The highest BCUT2D eigenvalue weighted by atomic mass is 32.2. The van der Waals surface area contributed by atoms with Gasteiger partial charge in [0.1, 0.15) is 5.88 Å². The molecular formula is C15H22N2O3S. The quantitative estimate of drug-likeness (QED) is 0.853. The summed E-state index contributed by atoms with van der Waals surface area (Å²) in [5, 5.41) is 0.809. The number of aromatic nitrogens is 2. The maximum absolute atomic E-state index is 12.2. The maximum Gasteiger partial charge on any atom is 0.349 e. The molecule has 0 spiro atoms. The highest BCUT2D eigenvalue weighted by molar-refractivity contribution is 7.89. The van der Waals surface area contributed by atoms with Crippen LogP contribution in [0.3, 0.4) is 0 Å². The molecule has 6 heteroatoms. The molecule has 1 heterocycles. The van der Waals surface area contributed by atoms with Crippen molar-refractivity contribution >= 4 is 20.7 Å². The number of para-hydroxylation sites is 1. The van der Waals surface area contributed by atoms with Gasteiger partial charge < -0.3 is 0 Å². The average Bonchev–Trinajstić information content (AvgIpc) is 2.29. The van der Waals surface area contributed by atoms with E-state index in [0.717, 1.165) is 11.6 Å². The maximum atomic E-state index is 12.2.